The van der Waals surface area contributed by atoms with E-state index in [0.29, 0.717) is 22.7 Å². The molecule has 1 aromatic carbocycles. The first-order chi connectivity index (χ1) is 13.8. The van der Waals surface area contributed by atoms with E-state index in [-0.39, 0.29) is 23.8 Å². The molecule has 1 aromatic heterocycles. The van der Waals surface area contributed by atoms with Gasteiger partial charge in [-0.1, -0.05) is 41.0 Å². The van der Waals surface area contributed by atoms with Gasteiger partial charge >= 0.3 is 0 Å². The number of benzene rings is 1. The van der Waals surface area contributed by atoms with E-state index in [1.165, 1.54) is 0 Å². The molecule has 160 valence electrons. The molecule has 1 N–H and O–H groups in total. The molecule has 0 bridgehead atoms. The largest absolute Gasteiger partial charge is 0.497 e. The predicted molar refractivity (Wildman–Crippen MR) is 120 cm³/mol. The molecule has 1 amide bonds. The van der Waals surface area contributed by atoms with E-state index in [0.717, 1.165) is 43.3 Å². The summed E-state index contributed by atoms with van der Waals surface area (Å²) >= 11 is 0. The van der Waals surface area contributed by atoms with Crippen molar-refractivity contribution in [1.29, 1.82) is 0 Å². The second-order valence-corrected chi connectivity index (χ2v) is 8.51. The summed E-state index contributed by atoms with van der Waals surface area (Å²) in [6, 6.07) is 5.65. The third-order valence-electron chi connectivity index (χ3n) is 5.39. The standard InChI is InChI=1S/C24H36N2O3/c1-7-8-12-26(13-11-16(2)3)22(27)15-20-19-10-9-18(29-6)14-21(19)25-24(28)23(20)17(4)5/h9-10,14,16-17H,7-8,11-13,15H2,1-6H3,(H,25,28). The van der Waals surface area contributed by atoms with Gasteiger partial charge < -0.3 is 14.6 Å². The SMILES string of the molecule is CCCCN(CCC(C)C)C(=O)Cc1c(C(C)C)c(=O)[nH]c2cc(OC)ccc12. The molecule has 0 aliphatic heterocycles. The molecule has 0 unspecified atom stereocenters. The van der Waals surface area contributed by atoms with Crippen LogP contribution in [0.4, 0.5) is 0 Å². The first-order valence-corrected chi connectivity index (χ1v) is 10.8. The van der Waals surface area contributed by atoms with Gasteiger partial charge in [-0.25, -0.2) is 0 Å². The number of H-pyrrole nitrogens is 1. The zero-order valence-electron chi connectivity index (χ0n) is 18.8. The van der Waals surface area contributed by atoms with E-state index in [1.54, 1.807) is 7.11 Å². The van der Waals surface area contributed by atoms with E-state index in [1.807, 2.05) is 36.9 Å². The molecule has 0 aliphatic rings. The number of hydrogen-bond donors (Lipinski definition) is 1. The summed E-state index contributed by atoms with van der Waals surface area (Å²) in [7, 11) is 1.60. The molecule has 0 saturated heterocycles. The Labute approximate surface area is 174 Å². The minimum atomic E-state index is -0.120. The van der Waals surface area contributed by atoms with Crippen molar-refractivity contribution in [1.82, 2.24) is 9.88 Å². The highest BCUT2D eigenvalue weighted by atomic mass is 16.5. The molecule has 0 radical (unpaired) electrons. The predicted octanol–water partition coefficient (Wildman–Crippen LogP) is 4.88. The first kappa shape index (κ1) is 23.0. The fourth-order valence-corrected chi connectivity index (χ4v) is 3.68. The van der Waals surface area contributed by atoms with E-state index in [4.69, 9.17) is 4.74 Å². The number of methoxy groups -OCH3 is 1. The number of ether oxygens (including phenoxy) is 1. The molecule has 5 nitrogen and oxygen atoms in total. The number of nitrogens with zero attached hydrogens (tertiary/aromatic N) is 1. The normalized spacial score (nSPS) is 11.4. The Kier molecular flexibility index (Phi) is 8.30. The number of aromatic nitrogens is 1. The summed E-state index contributed by atoms with van der Waals surface area (Å²) < 4.78 is 5.30. The van der Waals surface area contributed by atoms with Crippen LogP contribution in [0.5, 0.6) is 5.75 Å². The second kappa shape index (κ2) is 10.5. The lowest BCUT2D eigenvalue weighted by molar-refractivity contribution is -0.130. The van der Waals surface area contributed by atoms with Gasteiger partial charge in [-0.05, 0) is 42.4 Å². The van der Waals surface area contributed by atoms with Gasteiger partial charge in [0.25, 0.3) is 5.56 Å². The first-order valence-electron chi connectivity index (χ1n) is 10.8. The average Bonchev–Trinajstić information content (AvgIpc) is 2.66. The molecular formula is C24H36N2O3. The fourth-order valence-electron chi connectivity index (χ4n) is 3.68. The fraction of sp³-hybridized carbons (Fsp3) is 0.583. The Hall–Kier alpha value is -2.30. The van der Waals surface area contributed by atoms with Gasteiger partial charge in [-0.3, -0.25) is 9.59 Å². The van der Waals surface area contributed by atoms with Crippen LogP contribution < -0.4 is 10.3 Å². The highest BCUT2D eigenvalue weighted by molar-refractivity contribution is 5.90. The van der Waals surface area contributed by atoms with Gasteiger partial charge in [0.2, 0.25) is 5.91 Å². The van der Waals surface area contributed by atoms with E-state index < -0.39 is 0 Å². The third-order valence-corrected chi connectivity index (χ3v) is 5.39. The molecule has 2 rings (SSSR count). The molecule has 0 aliphatic carbocycles. The van der Waals surface area contributed by atoms with Gasteiger partial charge in [0.15, 0.2) is 0 Å². The number of aromatic amines is 1. The molecule has 29 heavy (non-hydrogen) atoms. The van der Waals surface area contributed by atoms with Crippen molar-refractivity contribution >= 4 is 16.8 Å². The van der Waals surface area contributed by atoms with Crippen molar-refractivity contribution in [3.05, 3.63) is 39.7 Å². The Morgan fingerprint density at radius 2 is 1.90 bits per heavy atom. The Bertz CT molecular complexity index is 884. The Balaban J connectivity index is 2.47. The van der Waals surface area contributed by atoms with Crippen molar-refractivity contribution in [2.24, 2.45) is 5.92 Å². The molecule has 2 aromatic rings. The molecule has 5 heteroatoms. The topological polar surface area (TPSA) is 62.4 Å². The lowest BCUT2D eigenvalue weighted by atomic mass is 9.93. The maximum Gasteiger partial charge on any atom is 0.252 e. The van der Waals surface area contributed by atoms with Gasteiger partial charge in [0.1, 0.15) is 5.75 Å². The summed E-state index contributed by atoms with van der Waals surface area (Å²) in [4.78, 5) is 31.0. The summed E-state index contributed by atoms with van der Waals surface area (Å²) in [5.41, 5.74) is 2.14. The number of rotatable bonds is 10. The molecule has 0 spiro atoms. The third kappa shape index (κ3) is 5.84. The number of unbranched alkanes of at least 4 members (excludes halogenated alkanes) is 1. The minimum absolute atomic E-state index is 0.0350. The minimum Gasteiger partial charge on any atom is -0.497 e. The average molecular weight is 401 g/mol. The van der Waals surface area contributed by atoms with Crippen molar-refractivity contribution < 1.29 is 9.53 Å². The lowest BCUT2D eigenvalue weighted by Crippen LogP contribution is -2.35. The maximum atomic E-state index is 13.3. The Morgan fingerprint density at radius 1 is 1.17 bits per heavy atom. The smallest absolute Gasteiger partial charge is 0.252 e. The monoisotopic (exact) mass is 400 g/mol. The van der Waals surface area contributed by atoms with Gasteiger partial charge in [0, 0.05) is 30.1 Å². The number of pyridine rings is 1. The number of carbonyl (C=O) groups is 1. The van der Waals surface area contributed by atoms with E-state index in [9.17, 15) is 9.59 Å². The van der Waals surface area contributed by atoms with E-state index in [2.05, 4.69) is 25.8 Å². The number of hydrogen-bond acceptors (Lipinski definition) is 3. The maximum absolute atomic E-state index is 13.3. The number of amides is 1. The van der Waals surface area contributed by atoms with Gasteiger partial charge in [0.05, 0.1) is 19.0 Å². The number of fused-ring (bicyclic) bond motifs is 1. The summed E-state index contributed by atoms with van der Waals surface area (Å²) in [6.45, 7) is 12.0. The molecule has 0 atom stereocenters. The van der Waals surface area contributed by atoms with Crippen LogP contribution in [0.2, 0.25) is 0 Å². The highest BCUT2D eigenvalue weighted by Gasteiger charge is 2.21. The molecule has 0 saturated carbocycles. The van der Waals surface area contributed by atoms with Crippen LogP contribution in [0.15, 0.2) is 23.0 Å². The van der Waals surface area contributed by atoms with Gasteiger partial charge in [-0.15, -0.1) is 0 Å². The van der Waals surface area contributed by atoms with Gasteiger partial charge in [-0.2, -0.15) is 0 Å². The zero-order chi connectivity index (χ0) is 21.6. The van der Waals surface area contributed by atoms with Crippen LogP contribution in [0.3, 0.4) is 0 Å². The van der Waals surface area contributed by atoms with Crippen molar-refractivity contribution in [2.75, 3.05) is 20.2 Å². The lowest BCUT2D eigenvalue weighted by Gasteiger charge is -2.25. The van der Waals surface area contributed by atoms with Crippen molar-refractivity contribution in [2.45, 2.75) is 66.2 Å². The zero-order valence-corrected chi connectivity index (χ0v) is 18.8. The van der Waals surface area contributed by atoms with Crippen LogP contribution in [0, 0.1) is 5.92 Å². The van der Waals surface area contributed by atoms with E-state index >= 15 is 0 Å². The summed E-state index contributed by atoms with van der Waals surface area (Å²) in [6.07, 6.45) is 3.28. The quantitative estimate of drug-likeness (QED) is 0.618. The number of carbonyl (C=O) groups excluding carboxylic acids is 1. The van der Waals surface area contributed by atoms with Crippen LogP contribution >= 0.6 is 0 Å². The van der Waals surface area contributed by atoms with Crippen molar-refractivity contribution in [3.8, 4) is 5.75 Å². The van der Waals surface area contributed by atoms with Crippen LogP contribution in [0.1, 0.15) is 70.9 Å². The molecule has 1 heterocycles. The molecule has 0 fully saturated rings. The second-order valence-electron chi connectivity index (χ2n) is 8.51. The van der Waals surface area contributed by atoms with Crippen LogP contribution in [-0.4, -0.2) is 36.0 Å². The summed E-state index contributed by atoms with van der Waals surface area (Å²) in [5.74, 6) is 1.37. The van der Waals surface area contributed by atoms with Crippen LogP contribution in [0.25, 0.3) is 10.9 Å². The highest BCUT2D eigenvalue weighted by Crippen LogP contribution is 2.27. The van der Waals surface area contributed by atoms with Crippen LogP contribution in [-0.2, 0) is 11.2 Å². The Morgan fingerprint density at radius 3 is 2.48 bits per heavy atom. The molecular weight excluding hydrogens is 364 g/mol. The summed E-state index contributed by atoms with van der Waals surface area (Å²) in [5, 5.41) is 0.918. The van der Waals surface area contributed by atoms with Crippen molar-refractivity contribution in [3.63, 3.8) is 0 Å². The number of nitrogens with one attached hydrogen (secondary N) is 1.